The van der Waals surface area contributed by atoms with Crippen LogP contribution in [0.2, 0.25) is 0 Å². The summed E-state index contributed by atoms with van der Waals surface area (Å²) in [5.74, 6) is -1.95. The van der Waals surface area contributed by atoms with E-state index in [-0.39, 0.29) is 37.5 Å². The van der Waals surface area contributed by atoms with Gasteiger partial charge >= 0.3 is 12.1 Å². The maximum atomic E-state index is 11.6. The Labute approximate surface area is 113 Å². The number of carbonyl (C=O) groups excluding carboxylic acids is 2. The van der Waals surface area contributed by atoms with Gasteiger partial charge in [-0.25, -0.2) is 14.3 Å². The van der Waals surface area contributed by atoms with E-state index in [9.17, 15) is 14.4 Å². The molecule has 1 aromatic heterocycles. The molecule has 1 heterocycles. The molecule has 0 spiro atoms. The summed E-state index contributed by atoms with van der Waals surface area (Å²) in [4.78, 5) is 33.5. The molecule has 0 unspecified atom stereocenters. The first-order chi connectivity index (χ1) is 9.49. The zero-order valence-electron chi connectivity index (χ0n) is 10.8. The second-order valence-corrected chi connectivity index (χ2v) is 3.65. The van der Waals surface area contributed by atoms with Crippen molar-refractivity contribution >= 4 is 18.0 Å². The first-order valence-corrected chi connectivity index (χ1v) is 5.81. The van der Waals surface area contributed by atoms with E-state index in [0.717, 1.165) is 4.68 Å². The molecule has 10 nitrogen and oxygen atoms in total. The normalized spacial score (nSPS) is 10.1. The Kier molecular flexibility index (Phi) is 5.59. The Balaban J connectivity index is 2.79. The number of rotatable bonds is 6. The summed E-state index contributed by atoms with van der Waals surface area (Å²) < 4.78 is 5.63. The topological polar surface area (TPSA) is 149 Å². The van der Waals surface area contributed by atoms with Crippen molar-refractivity contribution in [3.63, 3.8) is 0 Å². The van der Waals surface area contributed by atoms with Crippen LogP contribution in [-0.2, 0) is 22.5 Å². The number of imide groups is 1. The lowest BCUT2D eigenvalue weighted by atomic mass is 10.2. The van der Waals surface area contributed by atoms with Crippen LogP contribution < -0.4 is 11.1 Å². The molecule has 0 aliphatic heterocycles. The number of alkyl carbamates (subject to hydrolysis) is 1. The molecule has 0 saturated carbocycles. The highest BCUT2D eigenvalue weighted by Gasteiger charge is 2.20. The molecular formula is C10H15N5O5. The molecule has 0 atom stereocenters. The predicted octanol–water partition coefficient (Wildman–Crippen LogP) is -1.25. The highest BCUT2D eigenvalue weighted by Crippen LogP contribution is 2.06. The number of nitrogens with two attached hydrogens (primary N) is 1. The summed E-state index contributed by atoms with van der Waals surface area (Å²) >= 11 is 0. The van der Waals surface area contributed by atoms with Gasteiger partial charge in [-0.3, -0.25) is 10.1 Å². The first kappa shape index (κ1) is 15.6. The van der Waals surface area contributed by atoms with Gasteiger partial charge in [0, 0.05) is 6.42 Å². The number of carboxylic acids is 1. The zero-order chi connectivity index (χ0) is 15.1. The monoisotopic (exact) mass is 285 g/mol. The molecule has 0 radical (unpaired) electrons. The first-order valence-electron chi connectivity index (χ1n) is 5.81. The van der Waals surface area contributed by atoms with Crippen molar-refractivity contribution in [2.24, 2.45) is 5.73 Å². The minimum atomic E-state index is -1.26. The van der Waals surface area contributed by atoms with E-state index in [2.05, 4.69) is 15.0 Å². The van der Waals surface area contributed by atoms with E-state index in [1.165, 1.54) is 0 Å². The number of carboxylic acid groups (broad SMARTS) is 1. The van der Waals surface area contributed by atoms with Gasteiger partial charge in [-0.1, -0.05) is 5.21 Å². The van der Waals surface area contributed by atoms with Crippen LogP contribution >= 0.6 is 0 Å². The van der Waals surface area contributed by atoms with Crippen LogP contribution in [0.5, 0.6) is 0 Å². The molecule has 1 aromatic rings. The summed E-state index contributed by atoms with van der Waals surface area (Å²) in [6.07, 6.45) is -0.683. The molecule has 0 aromatic carbocycles. The van der Waals surface area contributed by atoms with Gasteiger partial charge in [0.15, 0.2) is 5.69 Å². The van der Waals surface area contributed by atoms with Crippen molar-refractivity contribution in [3.05, 3.63) is 11.4 Å². The Hall–Kier alpha value is -2.49. The van der Waals surface area contributed by atoms with Crippen LogP contribution in [-0.4, -0.2) is 51.2 Å². The Morgan fingerprint density at radius 1 is 1.45 bits per heavy atom. The van der Waals surface area contributed by atoms with Gasteiger partial charge in [0.1, 0.15) is 6.54 Å². The average Bonchev–Trinajstić information content (AvgIpc) is 2.73. The Bertz CT molecular complexity index is 512. The third-order valence-corrected chi connectivity index (χ3v) is 2.23. The maximum Gasteiger partial charge on any atom is 0.413 e. The van der Waals surface area contributed by atoms with Crippen LogP contribution in [0.3, 0.4) is 0 Å². The smallest absolute Gasteiger partial charge is 0.413 e. The molecule has 110 valence electrons. The number of nitrogens with zero attached hydrogens (tertiary/aromatic N) is 3. The number of aromatic nitrogens is 3. The molecule has 20 heavy (non-hydrogen) atoms. The maximum absolute atomic E-state index is 11.6. The van der Waals surface area contributed by atoms with Gasteiger partial charge in [0.05, 0.1) is 12.3 Å². The lowest BCUT2D eigenvalue weighted by Crippen LogP contribution is -2.34. The molecule has 1 rings (SSSR count). The summed E-state index contributed by atoms with van der Waals surface area (Å²) in [5, 5.41) is 17.9. The molecule has 0 aliphatic carbocycles. The largest absolute Gasteiger partial charge is 0.476 e. The number of ether oxygens (including phenoxy) is 1. The predicted molar refractivity (Wildman–Crippen MR) is 64.9 cm³/mol. The minimum absolute atomic E-state index is 0.129. The lowest BCUT2D eigenvalue weighted by Gasteiger charge is -2.06. The van der Waals surface area contributed by atoms with Crippen molar-refractivity contribution in [2.45, 2.75) is 19.9 Å². The number of hydrogen-bond acceptors (Lipinski definition) is 7. The van der Waals surface area contributed by atoms with Crippen LogP contribution in [0.4, 0.5) is 4.79 Å². The van der Waals surface area contributed by atoms with Crippen molar-refractivity contribution in [3.8, 4) is 0 Å². The molecule has 0 aliphatic rings. The SMILES string of the molecule is CCOC(=O)NC(=O)Cn1nnc(C(=O)O)c1CCN. The Morgan fingerprint density at radius 3 is 2.70 bits per heavy atom. The number of carbonyl (C=O) groups is 3. The number of aromatic carboxylic acids is 1. The van der Waals surface area contributed by atoms with E-state index >= 15 is 0 Å². The molecule has 4 N–H and O–H groups in total. The van der Waals surface area contributed by atoms with Crippen molar-refractivity contribution < 1.29 is 24.2 Å². The van der Waals surface area contributed by atoms with Crippen LogP contribution in [0.15, 0.2) is 0 Å². The van der Waals surface area contributed by atoms with E-state index in [4.69, 9.17) is 10.8 Å². The van der Waals surface area contributed by atoms with Gasteiger partial charge in [-0.15, -0.1) is 5.10 Å². The van der Waals surface area contributed by atoms with Crippen LogP contribution in [0.1, 0.15) is 23.1 Å². The van der Waals surface area contributed by atoms with E-state index in [0.29, 0.717) is 0 Å². The third kappa shape index (κ3) is 4.02. The standard InChI is InChI=1S/C10H15N5O5/c1-2-20-10(19)12-7(16)5-15-6(3-4-11)8(9(17)18)13-14-15/h2-5,11H2,1H3,(H,17,18)(H,12,16,19). The van der Waals surface area contributed by atoms with Crippen molar-refractivity contribution in [1.29, 1.82) is 0 Å². The van der Waals surface area contributed by atoms with Crippen molar-refractivity contribution in [1.82, 2.24) is 20.3 Å². The number of amides is 2. The highest BCUT2D eigenvalue weighted by molar-refractivity contribution is 5.91. The van der Waals surface area contributed by atoms with E-state index in [1.54, 1.807) is 6.92 Å². The lowest BCUT2D eigenvalue weighted by molar-refractivity contribution is -0.121. The van der Waals surface area contributed by atoms with Gasteiger partial charge in [-0.2, -0.15) is 0 Å². The molecule has 0 fully saturated rings. The van der Waals surface area contributed by atoms with Gasteiger partial charge in [-0.05, 0) is 13.5 Å². The fourth-order valence-corrected chi connectivity index (χ4v) is 1.47. The molecule has 0 bridgehead atoms. The molecular weight excluding hydrogens is 270 g/mol. The molecule has 2 amide bonds. The van der Waals surface area contributed by atoms with Gasteiger partial charge in [0.25, 0.3) is 5.91 Å². The van der Waals surface area contributed by atoms with E-state index < -0.39 is 18.0 Å². The number of nitrogens with one attached hydrogen (secondary N) is 1. The summed E-state index contributed by atoms with van der Waals surface area (Å²) in [5.41, 5.74) is 5.33. The third-order valence-electron chi connectivity index (χ3n) is 2.23. The summed E-state index contributed by atoms with van der Waals surface area (Å²) in [6, 6.07) is 0. The minimum Gasteiger partial charge on any atom is -0.476 e. The molecule has 0 saturated heterocycles. The van der Waals surface area contributed by atoms with Gasteiger partial charge in [0.2, 0.25) is 0 Å². The number of hydrogen-bond donors (Lipinski definition) is 3. The quantitative estimate of drug-likeness (QED) is 0.586. The summed E-state index contributed by atoms with van der Waals surface area (Å²) in [7, 11) is 0. The molecule has 10 heteroatoms. The average molecular weight is 285 g/mol. The van der Waals surface area contributed by atoms with Crippen molar-refractivity contribution in [2.75, 3.05) is 13.2 Å². The Morgan fingerprint density at radius 2 is 2.15 bits per heavy atom. The second kappa shape index (κ2) is 7.19. The van der Waals surface area contributed by atoms with E-state index in [1.807, 2.05) is 5.32 Å². The van der Waals surface area contributed by atoms with Gasteiger partial charge < -0.3 is 15.6 Å². The highest BCUT2D eigenvalue weighted by atomic mass is 16.5. The fraction of sp³-hybridized carbons (Fsp3) is 0.500. The second-order valence-electron chi connectivity index (χ2n) is 3.65. The zero-order valence-corrected chi connectivity index (χ0v) is 10.8. The fourth-order valence-electron chi connectivity index (χ4n) is 1.47. The summed E-state index contributed by atoms with van der Waals surface area (Å²) in [6.45, 7) is 1.55. The van der Waals surface area contributed by atoms with Crippen LogP contribution in [0, 0.1) is 0 Å². The van der Waals surface area contributed by atoms with Crippen LogP contribution in [0.25, 0.3) is 0 Å².